The first-order valence-electron chi connectivity index (χ1n) is 8.27. The maximum atomic E-state index is 12.1. The van der Waals surface area contributed by atoms with Gasteiger partial charge in [-0.05, 0) is 62.1 Å². The van der Waals surface area contributed by atoms with Crippen molar-refractivity contribution >= 4 is 11.6 Å². The van der Waals surface area contributed by atoms with Crippen LogP contribution in [0.3, 0.4) is 0 Å². The second kappa shape index (κ2) is 6.08. The Balaban J connectivity index is 1.63. The van der Waals surface area contributed by atoms with Crippen LogP contribution in [0.1, 0.15) is 56.3 Å². The number of carbonyl (C=O) groups excluding carboxylic acids is 1. The van der Waals surface area contributed by atoms with Gasteiger partial charge in [0.1, 0.15) is 0 Å². The summed E-state index contributed by atoms with van der Waals surface area (Å²) in [5.41, 5.74) is 1.84. The Hall–Kier alpha value is -1.51. The third kappa shape index (κ3) is 3.99. The molecule has 2 aliphatic rings. The molecule has 0 saturated heterocycles. The topological polar surface area (TPSA) is 41.1 Å². The van der Waals surface area contributed by atoms with E-state index in [1.54, 1.807) is 0 Å². The van der Waals surface area contributed by atoms with Crippen molar-refractivity contribution < 1.29 is 4.79 Å². The minimum absolute atomic E-state index is 0.0616. The van der Waals surface area contributed by atoms with Crippen molar-refractivity contribution in [3.05, 3.63) is 29.8 Å². The molecule has 0 bridgehead atoms. The van der Waals surface area contributed by atoms with Crippen LogP contribution in [-0.2, 0) is 0 Å². The first-order valence-corrected chi connectivity index (χ1v) is 8.27. The molecule has 0 heterocycles. The molecular formula is C18H26N2O. The summed E-state index contributed by atoms with van der Waals surface area (Å²) in [6.07, 6.45) is 6.04. The zero-order valence-electron chi connectivity index (χ0n) is 13.1. The van der Waals surface area contributed by atoms with E-state index < -0.39 is 0 Å². The standard InChI is InChI=1S/C18H26N2O/c1-12-8-13(2)10-17(9-12)19-16-5-3-4-14(11-16)18(21)20-15-6-7-15/h3-5,11-13,15,17,19H,6-10H2,1-2H3,(H,20,21). The number of nitrogens with one attached hydrogen (secondary N) is 2. The summed E-state index contributed by atoms with van der Waals surface area (Å²) in [6, 6.07) is 8.87. The highest BCUT2D eigenvalue weighted by Crippen LogP contribution is 2.30. The third-order valence-electron chi connectivity index (χ3n) is 4.59. The summed E-state index contributed by atoms with van der Waals surface area (Å²) in [5.74, 6) is 1.63. The van der Waals surface area contributed by atoms with Gasteiger partial charge in [-0.3, -0.25) is 4.79 Å². The predicted octanol–water partition coefficient (Wildman–Crippen LogP) is 3.82. The maximum Gasteiger partial charge on any atom is 0.251 e. The van der Waals surface area contributed by atoms with Crippen LogP contribution in [0.2, 0.25) is 0 Å². The lowest BCUT2D eigenvalue weighted by molar-refractivity contribution is 0.0951. The van der Waals surface area contributed by atoms with E-state index in [4.69, 9.17) is 0 Å². The van der Waals surface area contributed by atoms with Crippen molar-refractivity contribution in [2.24, 2.45) is 11.8 Å². The lowest BCUT2D eigenvalue weighted by Gasteiger charge is -2.32. The molecule has 2 aliphatic carbocycles. The van der Waals surface area contributed by atoms with Crippen molar-refractivity contribution in [2.75, 3.05) is 5.32 Å². The molecule has 3 heteroatoms. The van der Waals surface area contributed by atoms with Gasteiger partial charge < -0.3 is 10.6 Å². The zero-order chi connectivity index (χ0) is 14.8. The molecule has 1 amide bonds. The molecule has 2 saturated carbocycles. The molecule has 114 valence electrons. The molecule has 0 radical (unpaired) electrons. The monoisotopic (exact) mass is 286 g/mol. The van der Waals surface area contributed by atoms with Gasteiger partial charge in [0.2, 0.25) is 0 Å². The summed E-state index contributed by atoms with van der Waals surface area (Å²) >= 11 is 0. The summed E-state index contributed by atoms with van der Waals surface area (Å²) in [7, 11) is 0. The maximum absolute atomic E-state index is 12.1. The van der Waals surface area contributed by atoms with E-state index in [1.807, 2.05) is 18.2 Å². The molecule has 0 aliphatic heterocycles. The van der Waals surface area contributed by atoms with Crippen molar-refractivity contribution in [3.63, 3.8) is 0 Å². The van der Waals surface area contributed by atoms with Crippen LogP contribution >= 0.6 is 0 Å². The van der Waals surface area contributed by atoms with Gasteiger partial charge in [-0.1, -0.05) is 19.9 Å². The van der Waals surface area contributed by atoms with Gasteiger partial charge in [-0.15, -0.1) is 0 Å². The molecule has 2 atom stereocenters. The Labute approximate surface area is 127 Å². The normalized spacial score (nSPS) is 29.0. The van der Waals surface area contributed by atoms with Gasteiger partial charge in [-0.2, -0.15) is 0 Å². The Morgan fingerprint density at radius 3 is 2.43 bits per heavy atom. The molecule has 2 fully saturated rings. The van der Waals surface area contributed by atoms with E-state index >= 15 is 0 Å². The molecule has 1 aromatic rings. The molecule has 1 aromatic carbocycles. The number of amides is 1. The van der Waals surface area contributed by atoms with Crippen LogP contribution in [-0.4, -0.2) is 18.0 Å². The molecular weight excluding hydrogens is 260 g/mol. The van der Waals surface area contributed by atoms with Crippen LogP contribution in [0.15, 0.2) is 24.3 Å². The predicted molar refractivity (Wildman–Crippen MR) is 86.5 cm³/mol. The highest BCUT2D eigenvalue weighted by atomic mass is 16.1. The van der Waals surface area contributed by atoms with Crippen molar-refractivity contribution in [1.82, 2.24) is 5.32 Å². The fraction of sp³-hybridized carbons (Fsp3) is 0.611. The Morgan fingerprint density at radius 1 is 1.05 bits per heavy atom. The first-order chi connectivity index (χ1) is 10.1. The SMILES string of the molecule is CC1CC(C)CC(Nc2cccc(C(=O)NC3CC3)c2)C1. The van der Waals surface area contributed by atoms with Gasteiger partial charge in [-0.25, -0.2) is 0 Å². The average molecular weight is 286 g/mol. The third-order valence-corrected chi connectivity index (χ3v) is 4.59. The van der Waals surface area contributed by atoms with E-state index in [0.717, 1.165) is 35.9 Å². The first kappa shape index (κ1) is 14.4. The number of hydrogen-bond donors (Lipinski definition) is 2. The summed E-state index contributed by atoms with van der Waals surface area (Å²) in [4.78, 5) is 12.1. The minimum Gasteiger partial charge on any atom is -0.382 e. The van der Waals surface area contributed by atoms with E-state index in [2.05, 4.69) is 30.5 Å². The van der Waals surface area contributed by atoms with E-state index in [-0.39, 0.29) is 5.91 Å². The lowest BCUT2D eigenvalue weighted by atomic mass is 9.80. The summed E-state index contributed by atoms with van der Waals surface area (Å²) in [5, 5.41) is 6.67. The highest BCUT2D eigenvalue weighted by molar-refractivity contribution is 5.95. The fourth-order valence-corrected chi connectivity index (χ4v) is 3.55. The van der Waals surface area contributed by atoms with Crippen LogP contribution < -0.4 is 10.6 Å². The van der Waals surface area contributed by atoms with E-state index in [9.17, 15) is 4.79 Å². The molecule has 2 unspecified atom stereocenters. The van der Waals surface area contributed by atoms with Gasteiger partial charge >= 0.3 is 0 Å². The Morgan fingerprint density at radius 2 is 1.76 bits per heavy atom. The summed E-state index contributed by atoms with van der Waals surface area (Å²) in [6.45, 7) is 4.67. The van der Waals surface area contributed by atoms with Crippen molar-refractivity contribution in [2.45, 2.75) is 58.0 Å². The largest absolute Gasteiger partial charge is 0.382 e. The van der Waals surface area contributed by atoms with Gasteiger partial charge in [0.15, 0.2) is 0 Å². The Kier molecular flexibility index (Phi) is 4.18. The van der Waals surface area contributed by atoms with E-state index in [1.165, 1.54) is 19.3 Å². The number of anilines is 1. The number of carbonyl (C=O) groups is 1. The fourth-order valence-electron chi connectivity index (χ4n) is 3.55. The number of hydrogen-bond acceptors (Lipinski definition) is 2. The van der Waals surface area contributed by atoms with Crippen LogP contribution in [0.5, 0.6) is 0 Å². The molecule has 0 aromatic heterocycles. The smallest absolute Gasteiger partial charge is 0.251 e. The van der Waals surface area contributed by atoms with Crippen LogP contribution in [0, 0.1) is 11.8 Å². The van der Waals surface area contributed by atoms with Crippen molar-refractivity contribution in [1.29, 1.82) is 0 Å². The van der Waals surface area contributed by atoms with Gasteiger partial charge in [0.25, 0.3) is 5.91 Å². The quantitative estimate of drug-likeness (QED) is 0.883. The number of benzene rings is 1. The molecule has 0 spiro atoms. The second-order valence-corrected chi connectivity index (χ2v) is 7.09. The number of rotatable bonds is 4. The average Bonchev–Trinajstić information content (AvgIpc) is 3.21. The minimum atomic E-state index is 0.0616. The van der Waals surface area contributed by atoms with E-state index in [0.29, 0.717) is 12.1 Å². The van der Waals surface area contributed by atoms with Crippen LogP contribution in [0.25, 0.3) is 0 Å². The van der Waals surface area contributed by atoms with Crippen LogP contribution in [0.4, 0.5) is 5.69 Å². The zero-order valence-corrected chi connectivity index (χ0v) is 13.1. The molecule has 3 rings (SSSR count). The van der Waals surface area contributed by atoms with Gasteiger partial charge in [0, 0.05) is 23.3 Å². The highest BCUT2D eigenvalue weighted by Gasteiger charge is 2.25. The Bertz CT molecular complexity index is 500. The lowest BCUT2D eigenvalue weighted by Crippen LogP contribution is -2.30. The summed E-state index contributed by atoms with van der Waals surface area (Å²) < 4.78 is 0. The van der Waals surface area contributed by atoms with Gasteiger partial charge in [0.05, 0.1) is 0 Å². The molecule has 2 N–H and O–H groups in total. The molecule has 3 nitrogen and oxygen atoms in total. The van der Waals surface area contributed by atoms with Crippen molar-refractivity contribution in [3.8, 4) is 0 Å². The molecule has 21 heavy (non-hydrogen) atoms. The second-order valence-electron chi connectivity index (χ2n) is 7.09.